The van der Waals surface area contributed by atoms with Crippen LogP contribution in [0.2, 0.25) is 5.02 Å². The summed E-state index contributed by atoms with van der Waals surface area (Å²) < 4.78 is 2.23. The maximum atomic E-state index is 12.5. The quantitative estimate of drug-likeness (QED) is 0.876. The Balaban J connectivity index is 1.87. The first-order valence-electron chi connectivity index (χ1n) is 8.24. The van der Waals surface area contributed by atoms with E-state index in [0.717, 1.165) is 10.1 Å². The van der Waals surface area contributed by atoms with Crippen molar-refractivity contribution in [1.82, 2.24) is 14.5 Å². The average Bonchev–Trinajstić information content (AvgIpc) is 3.09. The van der Waals surface area contributed by atoms with Crippen LogP contribution in [0, 0.1) is 11.3 Å². The highest BCUT2D eigenvalue weighted by Gasteiger charge is 2.24. The minimum Gasteiger partial charge on any atom is -0.348 e. The van der Waals surface area contributed by atoms with Crippen LogP contribution >= 0.6 is 11.6 Å². The molecule has 1 atom stereocenters. The molecule has 26 heavy (non-hydrogen) atoms. The number of aromatic nitrogens is 2. The van der Waals surface area contributed by atoms with Gasteiger partial charge in [0.05, 0.1) is 6.04 Å². The van der Waals surface area contributed by atoms with Gasteiger partial charge in [-0.25, -0.2) is 9.36 Å². The van der Waals surface area contributed by atoms with Crippen molar-refractivity contribution in [3.05, 3.63) is 66.9 Å². The number of nitrogens with zero attached hydrogens (tertiary/aromatic N) is 3. The number of hydrogen-bond acceptors (Lipinski definition) is 4. The molecule has 1 amide bonds. The number of benzene rings is 1. The third-order valence-electron chi connectivity index (χ3n) is 4.49. The Morgan fingerprint density at radius 1 is 1.38 bits per heavy atom. The van der Waals surface area contributed by atoms with Crippen molar-refractivity contribution in [3.63, 3.8) is 0 Å². The van der Waals surface area contributed by atoms with Crippen molar-refractivity contribution in [1.29, 1.82) is 5.26 Å². The summed E-state index contributed by atoms with van der Waals surface area (Å²) in [5.74, 6) is -0.501. The highest BCUT2D eigenvalue weighted by Crippen LogP contribution is 2.22. The second kappa shape index (κ2) is 7.18. The Morgan fingerprint density at radius 2 is 2.12 bits per heavy atom. The van der Waals surface area contributed by atoms with Crippen molar-refractivity contribution >= 4 is 17.5 Å². The minimum atomic E-state index is -0.716. The molecule has 0 aliphatic carbocycles. The van der Waals surface area contributed by atoms with Gasteiger partial charge in [0.2, 0.25) is 5.91 Å². The van der Waals surface area contributed by atoms with Gasteiger partial charge < -0.3 is 5.32 Å². The molecule has 7 nitrogen and oxygen atoms in total. The molecular weight excluding hydrogens is 356 g/mol. The Labute approximate surface area is 154 Å². The van der Waals surface area contributed by atoms with E-state index >= 15 is 0 Å². The summed E-state index contributed by atoms with van der Waals surface area (Å²) >= 11 is 6.12. The van der Waals surface area contributed by atoms with Crippen LogP contribution in [0.1, 0.15) is 36.2 Å². The van der Waals surface area contributed by atoms with E-state index in [2.05, 4.69) is 5.32 Å². The zero-order valence-electron chi connectivity index (χ0n) is 14.2. The van der Waals surface area contributed by atoms with Gasteiger partial charge in [-0.1, -0.05) is 29.8 Å². The summed E-state index contributed by atoms with van der Waals surface area (Å²) in [6, 6.07) is 8.58. The van der Waals surface area contributed by atoms with E-state index in [-0.39, 0.29) is 11.6 Å². The first kappa shape index (κ1) is 18.0. The summed E-state index contributed by atoms with van der Waals surface area (Å²) in [6.45, 7) is 1.76. The molecule has 1 N–H and O–H groups in total. The number of hydrogen-bond donors (Lipinski definition) is 1. The Bertz CT molecular complexity index is 1030. The number of nitrogens with one attached hydrogen (secondary N) is 1. The fraction of sp³-hybridized carbons (Fsp3) is 0.333. The van der Waals surface area contributed by atoms with Gasteiger partial charge in [-0.05, 0) is 31.4 Å². The molecule has 8 heteroatoms. The highest BCUT2D eigenvalue weighted by atomic mass is 35.5. The standard InChI is InChI=1S/C18H17ClN4O3/c1-11(12-5-2-3-6-14(12)19)21-16(24)10-23-17(25)13(9-20)15-7-4-8-22(15)18(23)26/h2-3,5-6,11H,4,7-8,10H2,1H3,(H,21,24)/t11-/m0/s1. The van der Waals surface area contributed by atoms with Gasteiger partial charge in [0.1, 0.15) is 18.2 Å². The van der Waals surface area contributed by atoms with Crippen LogP contribution in [0.15, 0.2) is 33.9 Å². The van der Waals surface area contributed by atoms with Gasteiger partial charge >= 0.3 is 5.69 Å². The van der Waals surface area contributed by atoms with Gasteiger partial charge in [-0.15, -0.1) is 0 Å². The van der Waals surface area contributed by atoms with Gasteiger partial charge in [0.15, 0.2) is 0 Å². The molecule has 3 rings (SSSR count). The van der Waals surface area contributed by atoms with Gasteiger partial charge in [-0.2, -0.15) is 5.26 Å². The van der Waals surface area contributed by atoms with Gasteiger partial charge in [-0.3, -0.25) is 14.2 Å². The lowest BCUT2D eigenvalue weighted by atomic mass is 10.1. The van der Waals surface area contributed by atoms with Crippen molar-refractivity contribution in [2.75, 3.05) is 0 Å². The predicted molar refractivity (Wildman–Crippen MR) is 96.0 cm³/mol. The fourth-order valence-corrected chi connectivity index (χ4v) is 3.52. The van der Waals surface area contributed by atoms with E-state index in [9.17, 15) is 19.6 Å². The van der Waals surface area contributed by atoms with Crippen LogP contribution < -0.4 is 16.6 Å². The zero-order valence-corrected chi connectivity index (χ0v) is 14.9. The van der Waals surface area contributed by atoms with E-state index < -0.39 is 23.7 Å². The molecule has 0 saturated heterocycles. The summed E-state index contributed by atoms with van der Waals surface area (Å²) in [7, 11) is 0. The summed E-state index contributed by atoms with van der Waals surface area (Å²) in [6.07, 6.45) is 1.22. The van der Waals surface area contributed by atoms with Crippen LogP contribution in [0.3, 0.4) is 0 Å². The second-order valence-electron chi connectivity index (χ2n) is 6.17. The third kappa shape index (κ3) is 3.16. The number of fused-ring (bicyclic) bond motifs is 1. The van der Waals surface area contributed by atoms with Gasteiger partial charge in [0, 0.05) is 17.3 Å². The molecule has 134 valence electrons. The van der Waals surface area contributed by atoms with Crippen LogP contribution in [0.5, 0.6) is 0 Å². The normalized spacial score (nSPS) is 13.7. The van der Waals surface area contributed by atoms with Crippen LogP contribution in [0.4, 0.5) is 0 Å². The molecule has 2 heterocycles. The molecule has 2 aromatic rings. The topological polar surface area (TPSA) is 96.9 Å². The Hall–Kier alpha value is -2.85. The van der Waals surface area contributed by atoms with Crippen molar-refractivity contribution < 1.29 is 4.79 Å². The Morgan fingerprint density at radius 3 is 2.81 bits per heavy atom. The number of amides is 1. The van der Waals surface area contributed by atoms with Crippen molar-refractivity contribution in [2.24, 2.45) is 0 Å². The number of carbonyl (C=O) groups excluding carboxylic acids is 1. The first-order valence-corrected chi connectivity index (χ1v) is 8.62. The molecular formula is C18H17ClN4O3. The maximum Gasteiger partial charge on any atom is 0.331 e. The van der Waals surface area contributed by atoms with E-state index in [4.69, 9.17) is 11.6 Å². The number of nitriles is 1. The van der Waals surface area contributed by atoms with E-state index in [1.54, 1.807) is 31.2 Å². The summed E-state index contributed by atoms with van der Waals surface area (Å²) in [5, 5.41) is 12.5. The lowest BCUT2D eigenvalue weighted by Crippen LogP contribution is -2.45. The molecule has 1 aliphatic rings. The second-order valence-corrected chi connectivity index (χ2v) is 6.58. The first-order chi connectivity index (χ1) is 12.4. The van der Waals surface area contributed by atoms with Crippen LogP contribution in [-0.2, 0) is 24.3 Å². The molecule has 0 spiro atoms. The Kier molecular flexibility index (Phi) is 4.96. The SMILES string of the molecule is C[C@H](NC(=O)Cn1c(=O)c(C#N)c2n(c1=O)CCC2)c1ccccc1Cl. The van der Waals surface area contributed by atoms with E-state index in [0.29, 0.717) is 30.1 Å². The monoisotopic (exact) mass is 372 g/mol. The molecule has 1 aliphatic heterocycles. The van der Waals surface area contributed by atoms with E-state index in [1.165, 1.54) is 4.57 Å². The van der Waals surface area contributed by atoms with Crippen LogP contribution in [-0.4, -0.2) is 15.0 Å². The summed E-state index contributed by atoms with van der Waals surface area (Å²) in [4.78, 5) is 37.3. The minimum absolute atomic E-state index is 0.0611. The molecule has 0 saturated carbocycles. The van der Waals surface area contributed by atoms with Gasteiger partial charge in [0.25, 0.3) is 5.56 Å². The van der Waals surface area contributed by atoms with E-state index in [1.807, 2.05) is 6.07 Å². The lowest BCUT2D eigenvalue weighted by molar-refractivity contribution is -0.122. The van der Waals surface area contributed by atoms with Crippen molar-refractivity contribution in [2.45, 2.75) is 38.9 Å². The number of carbonyl (C=O) groups is 1. The molecule has 1 aromatic heterocycles. The highest BCUT2D eigenvalue weighted by molar-refractivity contribution is 6.31. The molecule has 0 unspecified atom stereocenters. The number of halogens is 1. The van der Waals surface area contributed by atoms with Crippen molar-refractivity contribution in [3.8, 4) is 6.07 Å². The smallest absolute Gasteiger partial charge is 0.331 e. The average molecular weight is 373 g/mol. The third-order valence-corrected chi connectivity index (χ3v) is 4.84. The largest absolute Gasteiger partial charge is 0.348 e. The number of rotatable bonds is 4. The maximum absolute atomic E-state index is 12.5. The molecule has 0 fully saturated rings. The fourth-order valence-electron chi connectivity index (χ4n) is 3.22. The zero-order chi connectivity index (χ0) is 18.8. The predicted octanol–water partition coefficient (Wildman–Crippen LogP) is 1.36. The lowest BCUT2D eigenvalue weighted by Gasteiger charge is -2.16. The molecule has 1 aromatic carbocycles. The molecule has 0 bridgehead atoms. The summed E-state index contributed by atoms with van der Waals surface area (Å²) in [5.41, 5.74) is -0.135. The molecule has 0 radical (unpaired) electrons. The van der Waals surface area contributed by atoms with Crippen LogP contribution in [0.25, 0.3) is 0 Å².